The molecule has 4 nitrogen and oxygen atoms in total. The molecule has 0 aromatic heterocycles. The summed E-state index contributed by atoms with van der Waals surface area (Å²) in [6, 6.07) is 0.917. The van der Waals surface area contributed by atoms with Crippen LogP contribution in [0, 0.1) is 0 Å². The van der Waals surface area contributed by atoms with E-state index < -0.39 is 0 Å². The lowest BCUT2D eigenvalue weighted by Gasteiger charge is -2.25. The van der Waals surface area contributed by atoms with Crippen molar-refractivity contribution in [1.82, 2.24) is 5.32 Å². The Morgan fingerprint density at radius 1 is 1.62 bits per heavy atom. The normalized spacial score (nSPS) is 28.2. The van der Waals surface area contributed by atoms with Gasteiger partial charge < -0.3 is 16.3 Å². The summed E-state index contributed by atoms with van der Waals surface area (Å²) in [7, 11) is 0. The molecule has 4 N–H and O–H groups in total. The van der Waals surface area contributed by atoms with E-state index in [1.54, 1.807) is 0 Å². The topological polar surface area (TPSA) is 70.6 Å². The first-order valence-corrected chi connectivity index (χ1v) is 7.25. The van der Waals surface area contributed by atoms with Gasteiger partial charge in [0.05, 0.1) is 0 Å². The molecule has 0 spiro atoms. The van der Waals surface area contributed by atoms with Crippen molar-refractivity contribution in [2.45, 2.75) is 56.4 Å². The number of rotatable bonds is 6. The lowest BCUT2D eigenvalue weighted by molar-refractivity contribution is 0.314. The van der Waals surface area contributed by atoms with Crippen LogP contribution >= 0.6 is 11.8 Å². The Kier molecular flexibility index (Phi) is 5.98. The molecule has 0 aromatic carbocycles. The van der Waals surface area contributed by atoms with Crippen molar-refractivity contribution < 1.29 is 5.21 Å². The number of hydrogen-bond acceptors (Lipinski definition) is 4. The monoisotopic (exact) mass is 245 g/mol. The molecule has 1 aliphatic carbocycles. The van der Waals surface area contributed by atoms with Gasteiger partial charge >= 0.3 is 0 Å². The lowest BCUT2D eigenvalue weighted by atomic mass is 10.1. The number of nitrogens with two attached hydrogens (primary N) is 1. The summed E-state index contributed by atoms with van der Waals surface area (Å²) < 4.78 is 0. The number of amidine groups is 1. The van der Waals surface area contributed by atoms with E-state index in [0.717, 1.165) is 11.7 Å². The Hall–Kier alpha value is -0.420. The van der Waals surface area contributed by atoms with Crippen LogP contribution in [0.4, 0.5) is 0 Å². The van der Waals surface area contributed by atoms with Gasteiger partial charge in [0.2, 0.25) is 0 Å². The van der Waals surface area contributed by atoms with Gasteiger partial charge in [0.15, 0.2) is 0 Å². The van der Waals surface area contributed by atoms with Gasteiger partial charge in [-0.15, -0.1) is 0 Å². The molecule has 3 unspecified atom stereocenters. The van der Waals surface area contributed by atoms with Crippen LogP contribution in [0.3, 0.4) is 0 Å². The molecule has 0 radical (unpaired) electrons. The molecule has 16 heavy (non-hydrogen) atoms. The first kappa shape index (κ1) is 13.6. The third kappa shape index (κ3) is 3.87. The average molecular weight is 245 g/mol. The first-order valence-electron chi connectivity index (χ1n) is 5.96. The maximum absolute atomic E-state index is 8.57. The molecule has 0 heterocycles. The third-order valence-corrected chi connectivity index (χ3v) is 4.45. The number of thioether (sulfide) groups is 1. The zero-order chi connectivity index (χ0) is 12.0. The molecule has 3 atom stereocenters. The van der Waals surface area contributed by atoms with Crippen LogP contribution in [0.2, 0.25) is 0 Å². The fourth-order valence-electron chi connectivity index (χ4n) is 2.32. The van der Waals surface area contributed by atoms with Gasteiger partial charge in [-0.1, -0.05) is 18.5 Å². The first-order chi connectivity index (χ1) is 7.71. The quantitative estimate of drug-likeness (QED) is 0.289. The summed E-state index contributed by atoms with van der Waals surface area (Å²) >= 11 is 1.94. The Balaban J connectivity index is 2.43. The molecule has 5 heteroatoms. The van der Waals surface area contributed by atoms with E-state index in [1.165, 1.54) is 19.3 Å². The standard InChI is InChI=1S/C11H23N3OS/c1-3-8(7-11(12)14-15)13-9-5-4-6-10(9)16-2/h8-10,13,15H,3-7H2,1-2H3,(H2,12,14). The third-order valence-electron chi connectivity index (χ3n) is 3.28. The molecule has 94 valence electrons. The SMILES string of the molecule is CCC(CC(N)=NO)NC1CCCC1SC. The number of oxime groups is 1. The van der Waals surface area contributed by atoms with E-state index in [2.05, 4.69) is 23.7 Å². The van der Waals surface area contributed by atoms with Crippen molar-refractivity contribution >= 4 is 17.6 Å². The van der Waals surface area contributed by atoms with Crippen LogP contribution in [0.1, 0.15) is 39.0 Å². The fourth-order valence-corrected chi connectivity index (χ4v) is 3.26. The predicted octanol–water partition coefficient (Wildman–Crippen LogP) is 1.78. The Morgan fingerprint density at radius 2 is 2.38 bits per heavy atom. The molecule has 0 saturated heterocycles. The van der Waals surface area contributed by atoms with Gasteiger partial charge in [-0.05, 0) is 25.5 Å². The highest BCUT2D eigenvalue weighted by molar-refractivity contribution is 7.99. The number of nitrogens with one attached hydrogen (secondary N) is 1. The lowest BCUT2D eigenvalue weighted by Crippen LogP contribution is -2.43. The van der Waals surface area contributed by atoms with Crippen LogP contribution < -0.4 is 11.1 Å². The molecular weight excluding hydrogens is 222 g/mol. The summed E-state index contributed by atoms with van der Waals surface area (Å²) in [6.07, 6.45) is 7.67. The molecule has 1 aliphatic rings. The van der Waals surface area contributed by atoms with Crippen molar-refractivity contribution in [2.75, 3.05) is 6.26 Å². The number of nitrogens with zero attached hydrogens (tertiary/aromatic N) is 1. The van der Waals surface area contributed by atoms with Gasteiger partial charge in [-0.25, -0.2) is 0 Å². The second-order valence-electron chi connectivity index (χ2n) is 4.38. The molecule has 1 rings (SSSR count). The van der Waals surface area contributed by atoms with Crippen LogP contribution in [-0.4, -0.2) is 34.6 Å². The van der Waals surface area contributed by atoms with E-state index >= 15 is 0 Å². The summed E-state index contributed by atoms with van der Waals surface area (Å²) in [5.74, 6) is 0.318. The fraction of sp³-hybridized carbons (Fsp3) is 0.909. The Labute approximate surface area is 102 Å². The van der Waals surface area contributed by atoms with E-state index in [4.69, 9.17) is 10.9 Å². The molecule has 0 aromatic rings. The summed E-state index contributed by atoms with van der Waals surface area (Å²) in [5, 5.41) is 16.0. The van der Waals surface area contributed by atoms with Crippen LogP contribution in [0.15, 0.2) is 5.16 Å². The van der Waals surface area contributed by atoms with Crippen molar-refractivity contribution in [1.29, 1.82) is 0 Å². The summed E-state index contributed by atoms with van der Waals surface area (Å²) in [6.45, 7) is 2.13. The zero-order valence-electron chi connectivity index (χ0n) is 10.1. The maximum Gasteiger partial charge on any atom is 0.140 e. The highest BCUT2D eigenvalue weighted by atomic mass is 32.2. The van der Waals surface area contributed by atoms with Crippen molar-refractivity contribution in [2.24, 2.45) is 10.9 Å². The largest absolute Gasteiger partial charge is 0.409 e. The summed E-state index contributed by atoms with van der Waals surface area (Å²) in [5.41, 5.74) is 5.55. The van der Waals surface area contributed by atoms with E-state index in [1.807, 2.05) is 11.8 Å². The van der Waals surface area contributed by atoms with Gasteiger partial charge in [0.25, 0.3) is 0 Å². The molecular formula is C11H23N3OS. The van der Waals surface area contributed by atoms with Crippen molar-refractivity contribution in [3.63, 3.8) is 0 Å². The average Bonchev–Trinajstić information content (AvgIpc) is 2.75. The Bertz CT molecular complexity index is 235. The minimum atomic E-state index is 0.318. The molecule has 0 bridgehead atoms. The molecule has 1 saturated carbocycles. The highest BCUT2D eigenvalue weighted by Crippen LogP contribution is 2.28. The van der Waals surface area contributed by atoms with E-state index in [0.29, 0.717) is 24.3 Å². The molecule has 1 fully saturated rings. The van der Waals surface area contributed by atoms with E-state index in [9.17, 15) is 0 Å². The van der Waals surface area contributed by atoms with Gasteiger partial charge in [0, 0.05) is 23.8 Å². The minimum absolute atomic E-state index is 0.318. The van der Waals surface area contributed by atoms with Gasteiger partial charge in [-0.3, -0.25) is 0 Å². The zero-order valence-corrected chi connectivity index (χ0v) is 11.0. The molecule has 0 aliphatic heterocycles. The van der Waals surface area contributed by atoms with Crippen LogP contribution in [0.5, 0.6) is 0 Å². The predicted molar refractivity (Wildman–Crippen MR) is 70.2 cm³/mol. The minimum Gasteiger partial charge on any atom is -0.409 e. The van der Waals surface area contributed by atoms with Crippen LogP contribution in [-0.2, 0) is 0 Å². The van der Waals surface area contributed by atoms with Crippen molar-refractivity contribution in [3.05, 3.63) is 0 Å². The van der Waals surface area contributed by atoms with Crippen LogP contribution in [0.25, 0.3) is 0 Å². The second-order valence-corrected chi connectivity index (χ2v) is 5.46. The molecule has 0 amide bonds. The summed E-state index contributed by atoms with van der Waals surface area (Å²) in [4.78, 5) is 0. The van der Waals surface area contributed by atoms with Gasteiger partial charge in [0.1, 0.15) is 5.84 Å². The second kappa shape index (κ2) is 7.01. The maximum atomic E-state index is 8.57. The van der Waals surface area contributed by atoms with Crippen molar-refractivity contribution in [3.8, 4) is 0 Å². The highest BCUT2D eigenvalue weighted by Gasteiger charge is 2.27. The van der Waals surface area contributed by atoms with Gasteiger partial charge in [-0.2, -0.15) is 11.8 Å². The number of hydrogen-bond donors (Lipinski definition) is 3. The smallest absolute Gasteiger partial charge is 0.140 e. The Morgan fingerprint density at radius 3 is 2.94 bits per heavy atom. The van der Waals surface area contributed by atoms with E-state index in [-0.39, 0.29) is 0 Å².